The van der Waals surface area contributed by atoms with Gasteiger partial charge in [0.25, 0.3) is 0 Å². The van der Waals surface area contributed by atoms with Crippen molar-refractivity contribution in [2.75, 3.05) is 0 Å². The van der Waals surface area contributed by atoms with Crippen molar-refractivity contribution in [3.63, 3.8) is 0 Å². The first-order chi connectivity index (χ1) is 7.83. The first-order valence-corrected chi connectivity index (χ1v) is 6.52. The van der Waals surface area contributed by atoms with E-state index >= 15 is 0 Å². The van der Waals surface area contributed by atoms with Gasteiger partial charge in [-0.2, -0.15) is 0 Å². The van der Waals surface area contributed by atoms with E-state index < -0.39 is 0 Å². The summed E-state index contributed by atoms with van der Waals surface area (Å²) < 4.78 is 5.39. The molecule has 0 radical (unpaired) electrons. The SMILES string of the molecule is CC(=O)CC(=O)OC1CCCC(C)(C(C)C)C1. The van der Waals surface area contributed by atoms with E-state index in [0.29, 0.717) is 5.92 Å². The maximum absolute atomic E-state index is 11.5. The second-order valence-corrected chi connectivity index (χ2v) is 5.90. The van der Waals surface area contributed by atoms with Crippen LogP contribution in [0.3, 0.4) is 0 Å². The Morgan fingerprint density at radius 1 is 1.41 bits per heavy atom. The molecule has 0 N–H and O–H groups in total. The molecule has 0 aromatic rings. The van der Waals surface area contributed by atoms with E-state index in [1.54, 1.807) is 0 Å². The van der Waals surface area contributed by atoms with Gasteiger partial charge in [-0.1, -0.05) is 20.8 Å². The van der Waals surface area contributed by atoms with Crippen molar-refractivity contribution in [3.8, 4) is 0 Å². The van der Waals surface area contributed by atoms with Gasteiger partial charge in [-0.25, -0.2) is 0 Å². The number of ketones is 1. The number of esters is 1. The van der Waals surface area contributed by atoms with E-state index in [2.05, 4.69) is 20.8 Å². The number of carbonyl (C=O) groups is 2. The monoisotopic (exact) mass is 240 g/mol. The molecule has 0 aliphatic heterocycles. The topological polar surface area (TPSA) is 43.4 Å². The summed E-state index contributed by atoms with van der Waals surface area (Å²) in [5.74, 6) is 0.102. The van der Waals surface area contributed by atoms with E-state index in [1.807, 2.05) is 0 Å². The zero-order valence-corrected chi connectivity index (χ0v) is 11.4. The minimum Gasteiger partial charge on any atom is -0.462 e. The molecule has 0 bridgehead atoms. The van der Waals surface area contributed by atoms with Crippen molar-refractivity contribution in [1.82, 2.24) is 0 Å². The number of ether oxygens (including phenoxy) is 1. The highest BCUT2D eigenvalue weighted by Crippen LogP contribution is 2.42. The standard InChI is InChI=1S/C14H24O3/c1-10(2)14(4)7-5-6-12(9-14)17-13(16)8-11(3)15/h10,12H,5-9H2,1-4H3. The first-order valence-electron chi connectivity index (χ1n) is 6.52. The fourth-order valence-electron chi connectivity index (χ4n) is 2.51. The fourth-order valence-corrected chi connectivity index (χ4v) is 2.51. The van der Waals surface area contributed by atoms with Crippen molar-refractivity contribution in [3.05, 3.63) is 0 Å². The quantitative estimate of drug-likeness (QED) is 0.560. The summed E-state index contributed by atoms with van der Waals surface area (Å²) in [4.78, 5) is 22.3. The molecule has 1 aliphatic rings. The molecule has 0 aromatic heterocycles. The Morgan fingerprint density at radius 2 is 2.06 bits per heavy atom. The summed E-state index contributed by atoms with van der Waals surface area (Å²) in [5.41, 5.74) is 0.263. The number of Topliss-reactive ketones (excluding diaryl/α,β-unsaturated/α-hetero) is 1. The molecule has 1 saturated carbocycles. The van der Waals surface area contributed by atoms with Gasteiger partial charge in [0, 0.05) is 0 Å². The highest BCUT2D eigenvalue weighted by Gasteiger charge is 2.36. The summed E-state index contributed by atoms with van der Waals surface area (Å²) in [6.45, 7) is 8.13. The molecule has 0 amide bonds. The van der Waals surface area contributed by atoms with Crippen LogP contribution in [0.4, 0.5) is 0 Å². The Kier molecular flexibility index (Phi) is 4.72. The third-order valence-electron chi connectivity index (χ3n) is 4.05. The van der Waals surface area contributed by atoms with Crippen molar-refractivity contribution in [2.45, 2.75) is 65.9 Å². The fraction of sp³-hybridized carbons (Fsp3) is 0.857. The van der Waals surface area contributed by atoms with Crippen LogP contribution in [0, 0.1) is 11.3 Å². The normalized spacial score (nSPS) is 29.1. The van der Waals surface area contributed by atoms with Crippen LogP contribution in [0.2, 0.25) is 0 Å². The maximum atomic E-state index is 11.5. The molecule has 0 saturated heterocycles. The van der Waals surface area contributed by atoms with E-state index in [1.165, 1.54) is 13.3 Å². The highest BCUT2D eigenvalue weighted by atomic mass is 16.5. The van der Waals surface area contributed by atoms with Crippen LogP contribution in [0.5, 0.6) is 0 Å². The van der Waals surface area contributed by atoms with Crippen LogP contribution in [-0.4, -0.2) is 17.9 Å². The minimum absolute atomic E-state index is 0.00278. The lowest BCUT2D eigenvalue weighted by Gasteiger charge is -2.40. The zero-order chi connectivity index (χ0) is 13.1. The van der Waals surface area contributed by atoms with Crippen LogP contribution in [0.15, 0.2) is 0 Å². The molecule has 0 spiro atoms. The number of hydrogen-bond donors (Lipinski definition) is 0. The molecular formula is C14H24O3. The lowest BCUT2D eigenvalue weighted by atomic mass is 9.67. The highest BCUT2D eigenvalue weighted by molar-refractivity contribution is 5.94. The maximum Gasteiger partial charge on any atom is 0.313 e. The molecular weight excluding hydrogens is 216 g/mol. The molecule has 0 aromatic carbocycles. The second-order valence-electron chi connectivity index (χ2n) is 5.90. The summed E-state index contributed by atoms with van der Waals surface area (Å²) in [6.07, 6.45) is 4.08. The summed E-state index contributed by atoms with van der Waals surface area (Å²) in [7, 11) is 0. The van der Waals surface area contributed by atoms with Gasteiger partial charge >= 0.3 is 5.97 Å². The summed E-state index contributed by atoms with van der Waals surface area (Å²) in [6, 6.07) is 0. The molecule has 98 valence electrons. The molecule has 2 unspecified atom stereocenters. The van der Waals surface area contributed by atoms with E-state index in [0.717, 1.165) is 19.3 Å². The van der Waals surface area contributed by atoms with Crippen molar-refractivity contribution in [2.24, 2.45) is 11.3 Å². The van der Waals surface area contributed by atoms with Crippen molar-refractivity contribution < 1.29 is 14.3 Å². The largest absolute Gasteiger partial charge is 0.462 e. The molecule has 3 nitrogen and oxygen atoms in total. The van der Waals surface area contributed by atoms with Gasteiger partial charge in [0.2, 0.25) is 0 Å². The van der Waals surface area contributed by atoms with Crippen molar-refractivity contribution in [1.29, 1.82) is 0 Å². The third kappa shape index (κ3) is 4.14. The number of rotatable bonds is 4. The molecule has 2 atom stereocenters. The Labute approximate surface area is 104 Å². The predicted octanol–water partition coefficient (Wildman–Crippen LogP) is 3.11. The van der Waals surface area contributed by atoms with E-state index in [4.69, 9.17) is 4.74 Å². The van der Waals surface area contributed by atoms with Crippen LogP contribution in [0.25, 0.3) is 0 Å². The molecule has 0 heterocycles. The van der Waals surface area contributed by atoms with Gasteiger partial charge in [-0.3, -0.25) is 9.59 Å². The lowest BCUT2D eigenvalue weighted by molar-refractivity contribution is -0.154. The number of carbonyl (C=O) groups excluding carboxylic acids is 2. The smallest absolute Gasteiger partial charge is 0.313 e. The van der Waals surface area contributed by atoms with Crippen LogP contribution in [0.1, 0.15) is 59.8 Å². The van der Waals surface area contributed by atoms with Gasteiger partial charge in [-0.05, 0) is 43.9 Å². The molecule has 17 heavy (non-hydrogen) atoms. The lowest BCUT2D eigenvalue weighted by Crippen LogP contribution is -2.35. The third-order valence-corrected chi connectivity index (χ3v) is 4.05. The predicted molar refractivity (Wildman–Crippen MR) is 66.6 cm³/mol. The molecule has 1 aliphatic carbocycles. The molecule has 1 fully saturated rings. The Balaban J connectivity index is 2.50. The molecule has 1 rings (SSSR count). The minimum atomic E-state index is -0.365. The van der Waals surface area contributed by atoms with Gasteiger partial charge in [0.1, 0.15) is 18.3 Å². The van der Waals surface area contributed by atoms with Crippen LogP contribution in [-0.2, 0) is 14.3 Å². The molecule has 3 heteroatoms. The first kappa shape index (κ1) is 14.2. The summed E-state index contributed by atoms with van der Waals surface area (Å²) in [5, 5.41) is 0. The summed E-state index contributed by atoms with van der Waals surface area (Å²) >= 11 is 0. The Bertz CT molecular complexity index is 296. The Hall–Kier alpha value is -0.860. The van der Waals surface area contributed by atoms with Crippen LogP contribution < -0.4 is 0 Å². The van der Waals surface area contributed by atoms with Crippen LogP contribution >= 0.6 is 0 Å². The average Bonchev–Trinajstić information content (AvgIpc) is 2.15. The second kappa shape index (κ2) is 5.65. The Morgan fingerprint density at radius 3 is 2.59 bits per heavy atom. The van der Waals surface area contributed by atoms with Gasteiger partial charge in [0.05, 0.1) is 0 Å². The van der Waals surface area contributed by atoms with Gasteiger partial charge < -0.3 is 4.74 Å². The van der Waals surface area contributed by atoms with Crippen molar-refractivity contribution >= 4 is 11.8 Å². The number of hydrogen-bond acceptors (Lipinski definition) is 3. The van der Waals surface area contributed by atoms with Gasteiger partial charge in [0.15, 0.2) is 0 Å². The van der Waals surface area contributed by atoms with E-state index in [9.17, 15) is 9.59 Å². The zero-order valence-electron chi connectivity index (χ0n) is 11.4. The van der Waals surface area contributed by atoms with Gasteiger partial charge in [-0.15, -0.1) is 0 Å². The van der Waals surface area contributed by atoms with E-state index in [-0.39, 0.29) is 29.7 Å². The average molecular weight is 240 g/mol.